The molecule has 6 nitrogen and oxygen atoms in total. The number of esters is 1. The summed E-state index contributed by atoms with van der Waals surface area (Å²) >= 11 is 0. The predicted molar refractivity (Wildman–Crippen MR) is 65.9 cm³/mol. The van der Waals surface area contributed by atoms with Crippen molar-refractivity contribution in [1.82, 2.24) is 15.0 Å². The van der Waals surface area contributed by atoms with Gasteiger partial charge in [-0.3, -0.25) is 9.69 Å². The van der Waals surface area contributed by atoms with Gasteiger partial charge in [0, 0.05) is 6.42 Å². The number of nitrogens with zero attached hydrogens (tertiary/aromatic N) is 3. The number of aromatic nitrogens is 2. The Balaban J connectivity index is 2.53. The first-order chi connectivity index (χ1) is 8.69. The maximum atomic E-state index is 11.5. The zero-order valence-corrected chi connectivity index (χ0v) is 11.3. The van der Waals surface area contributed by atoms with Crippen molar-refractivity contribution in [2.24, 2.45) is 0 Å². The molecule has 1 aromatic rings. The Morgan fingerprint density at radius 3 is 2.72 bits per heavy atom. The van der Waals surface area contributed by atoms with Crippen molar-refractivity contribution in [3.63, 3.8) is 0 Å². The topological polar surface area (TPSA) is 68.5 Å². The van der Waals surface area contributed by atoms with Crippen LogP contribution in [0.1, 0.15) is 38.9 Å². The number of hydrogen-bond acceptors (Lipinski definition) is 6. The first kappa shape index (κ1) is 14.6. The number of aryl methyl sites for hydroxylation is 1. The second kappa shape index (κ2) is 7.81. The SMILES string of the molecule is CCCN(CC(=O)OCC)Cc1noc(CC)n1. The van der Waals surface area contributed by atoms with E-state index in [4.69, 9.17) is 9.26 Å². The monoisotopic (exact) mass is 255 g/mol. The van der Waals surface area contributed by atoms with E-state index in [2.05, 4.69) is 17.1 Å². The van der Waals surface area contributed by atoms with Gasteiger partial charge in [-0.25, -0.2) is 0 Å². The summed E-state index contributed by atoms with van der Waals surface area (Å²) in [5.74, 6) is 1.02. The smallest absolute Gasteiger partial charge is 0.320 e. The van der Waals surface area contributed by atoms with Crippen LogP contribution in [0.15, 0.2) is 4.52 Å². The van der Waals surface area contributed by atoms with Crippen LogP contribution in [0.3, 0.4) is 0 Å². The maximum Gasteiger partial charge on any atom is 0.320 e. The van der Waals surface area contributed by atoms with E-state index >= 15 is 0 Å². The molecule has 0 radical (unpaired) electrons. The molecule has 0 unspecified atom stereocenters. The van der Waals surface area contributed by atoms with E-state index in [1.165, 1.54) is 0 Å². The highest BCUT2D eigenvalue weighted by Crippen LogP contribution is 2.03. The summed E-state index contributed by atoms with van der Waals surface area (Å²) in [5, 5.41) is 3.88. The number of hydrogen-bond donors (Lipinski definition) is 0. The van der Waals surface area contributed by atoms with Gasteiger partial charge in [0.2, 0.25) is 5.89 Å². The van der Waals surface area contributed by atoms with Gasteiger partial charge in [-0.2, -0.15) is 4.98 Å². The predicted octanol–water partition coefficient (Wildman–Crippen LogP) is 1.41. The van der Waals surface area contributed by atoms with Crippen LogP contribution >= 0.6 is 0 Å². The fourth-order valence-corrected chi connectivity index (χ4v) is 1.62. The maximum absolute atomic E-state index is 11.5. The fourth-order valence-electron chi connectivity index (χ4n) is 1.62. The summed E-state index contributed by atoms with van der Waals surface area (Å²) < 4.78 is 9.98. The molecule has 0 saturated heterocycles. The standard InChI is InChI=1S/C12H21N3O3/c1-4-7-15(9-12(16)17-6-3)8-10-13-11(5-2)18-14-10/h4-9H2,1-3H3. The average Bonchev–Trinajstić information content (AvgIpc) is 2.77. The quantitative estimate of drug-likeness (QED) is 0.654. The highest BCUT2D eigenvalue weighted by atomic mass is 16.5. The molecule has 1 heterocycles. The molecule has 0 aliphatic heterocycles. The highest BCUT2D eigenvalue weighted by Gasteiger charge is 2.14. The van der Waals surface area contributed by atoms with Crippen LogP contribution in [0, 0.1) is 0 Å². The highest BCUT2D eigenvalue weighted by molar-refractivity contribution is 5.71. The van der Waals surface area contributed by atoms with E-state index in [1.807, 2.05) is 11.8 Å². The van der Waals surface area contributed by atoms with Crippen LogP contribution < -0.4 is 0 Å². The number of carbonyl (C=O) groups excluding carboxylic acids is 1. The van der Waals surface area contributed by atoms with Gasteiger partial charge in [-0.05, 0) is 19.9 Å². The van der Waals surface area contributed by atoms with Gasteiger partial charge in [0.1, 0.15) is 0 Å². The Bertz CT molecular complexity index is 365. The van der Waals surface area contributed by atoms with Gasteiger partial charge >= 0.3 is 5.97 Å². The fraction of sp³-hybridized carbons (Fsp3) is 0.750. The Morgan fingerprint density at radius 2 is 2.17 bits per heavy atom. The molecule has 6 heteroatoms. The Morgan fingerprint density at radius 1 is 1.39 bits per heavy atom. The minimum Gasteiger partial charge on any atom is -0.465 e. The summed E-state index contributed by atoms with van der Waals surface area (Å²) in [6, 6.07) is 0. The van der Waals surface area contributed by atoms with Crippen molar-refractivity contribution in [3.8, 4) is 0 Å². The molecule has 0 aromatic carbocycles. The molecule has 1 rings (SSSR count). The van der Waals surface area contributed by atoms with E-state index < -0.39 is 0 Å². The van der Waals surface area contributed by atoms with Crippen LogP contribution in [0.2, 0.25) is 0 Å². The van der Waals surface area contributed by atoms with E-state index in [1.54, 1.807) is 6.92 Å². The van der Waals surface area contributed by atoms with Gasteiger partial charge in [0.05, 0.1) is 19.7 Å². The first-order valence-electron chi connectivity index (χ1n) is 6.39. The summed E-state index contributed by atoms with van der Waals surface area (Å²) in [4.78, 5) is 17.6. The zero-order chi connectivity index (χ0) is 13.4. The number of carbonyl (C=O) groups is 1. The Kier molecular flexibility index (Phi) is 6.35. The van der Waals surface area contributed by atoms with Crippen LogP contribution in [0.25, 0.3) is 0 Å². The van der Waals surface area contributed by atoms with Crippen LogP contribution in [-0.4, -0.2) is 40.7 Å². The van der Waals surface area contributed by atoms with E-state index in [-0.39, 0.29) is 12.5 Å². The van der Waals surface area contributed by atoms with Crippen molar-refractivity contribution >= 4 is 5.97 Å². The normalized spacial score (nSPS) is 10.9. The molecule has 0 N–H and O–H groups in total. The van der Waals surface area contributed by atoms with Crippen molar-refractivity contribution in [3.05, 3.63) is 11.7 Å². The summed E-state index contributed by atoms with van der Waals surface area (Å²) in [6.45, 7) is 7.80. The third-order valence-electron chi connectivity index (χ3n) is 2.38. The third-order valence-corrected chi connectivity index (χ3v) is 2.38. The molecule has 0 amide bonds. The van der Waals surface area contributed by atoms with E-state index in [0.717, 1.165) is 19.4 Å². The molecule has 18 heavy (non-hydrogen) atoms. The molecule has 1 aromatic heterocycles. The first-order valence-corrected chi connectivity index (χ1v) is 6.39. The third kappa shape index (κ3) is 4.83. The van der Waals surface area contributed by atoms with E-state index in [0.29, 0.717) is 24.9 Å². The van der Waals surface area contributed by atoms with E-state index in [9.17, 15) is 4.79 Å². The minimum atomic E-state index is -0.217. The summed E-state index contributed by atoms with van der Waals surface area (Å²) in [6.07, 6.45) is 1.68. The number of ether oxygens (including phenoxy) is 1. The number of rotatable bonds is 8. The van der Waals surface area contributed by atoms with Crippen LogP contribution in [0.4, 0.5) is 0 Å². The second-order valence-corrected chi connectivity index (χ2v) is 3.97. The largest absolute Gasteiger partial charge is 0.465 e. The summed E-state index contributed by atoms with van der Waals surface area (Å²) in [7, 11) is 0. The molecule has 0 spiro atoms. The molecule has 0 saturated carbocycles. The van der Waals surface area contributed by atoms with Gasteiger partial charge in [0.25, 0.3) is 0 Å². The lowest BCUT2D eigenvalue weighted by molar-refractivity contribution is -0.144. The average molecular weight is 255 g/mol. The second-order valence-electron chi connectivity index (χ2n) is 3.97. The minimum absolute atomic E-state index is 0.217. The molecule has 0 atom stereocenters. The van der Waals surface area contributed by atoms with Crippen molar-refractivity contribution < 1.29 is 14.1 Å². The van der Waals surface area contributed by atoms with Crippen molar-refractivity contribution in [1.29, 1.82) is 0 Å². The van der Waals surface area contributed by atoms with Crippen molar-refractivity contribution in [2.45, 2.75) is 40.2 Å². The molecule has 0 bridgehead atoms. The molecule has 0 fully saturated rings. The Labute approximate surface area is 107 Å². The van der Waals surface area contributed by atoms with Gasteiger partial charge in [-0.1, -0.05) is 19.0 Å². The van der Waals surface area contributed by atoms with Crippen molar-refractivity contribution in [2.75, 3.05) is 19.7 Å². The van der Waals surface area contributed by atoms with Crippen LogP contribution in [-0.2, 0) is 22.5 Å². The lowest BCUT2D eigenvalue weighted by Crippen LogP contribution is -2.31. The van der Waals surface area contributed by atoms with Gasteiger partial charge < -0.3 is 9.26 Å². The van der Waals surface area contributed by atoms with Crippen LogP contribution in [0.5, 0.6) is 0 Å². The van der Waals surface area contributed by atoms with Gasteiger partial charge in [-0.15, -0.1) is 0 Å². The Hall–Kier alpha value is -1.43. The summed E-state index contributed by atoms with van der Waals surface area (Å²) in [5.41, 5.74) is 0. The molecule has 102 valence electrons. The lowest BCUT2D eigenvalue weighted by Gasteiger charge is -2.18. The van der Waals surface area contributed by atoms with Gasteiger partial charge in [0.15, 0.2) is 5.82 Å². The molecular formula is C12H21N3O3. The molecule has 0 aliphatic rings. The lowest BCUT2D eigenvalue weighted by atomic mass is 10.4. The molecule has 0 aliphatic carbocycles. The molecular weight excluding hydrogens is 234 g/mol. The zero-order valence-electron chi connectivity index (χ0n) is 11.3.